The number of amides is 1. The third-order valence-electron chi connectivity index (χ3n) is 4.98. The van der Waals surface area contributed by atoms with Gasteiger partial charge in [0.05, 0.1) is 5.52 Å². The van der Waals surface area contributed by atoms with Gasteiger partial charge in [-0.3, -0.25) is 14.2 Å². The van der Waals surface area contributed by atoms with Gasteiger partial charge in [-0.1, -0.05) is 6.07 Å². The van der Waals surface area contributed by atoms with Crippen molar-refractivity contribution < 1.29 is 14.3 Å². The largest absolute Gasteiger partial charge is 0.454 e. The third-order valence-corrected chi connectivity index (χ3v) is 4.98. The van der Waals surface area contributed by atoms with E-state index in [1.54, 1.807) is 16.8 Å². The molecule has 8 nitrogen and oxygen atoms in total. The molecule has 0 saturated heterocycles. The number of nitrogens with zero attached hydrogens (tertiary/aromatic N) is 3. The van der Waals surface area contributed by atoms with Gasteiger partial charge < -0.3 is 19.2 Å². The number of fused-ring (bicyclic) bond motifs is 4. The Morgan fingerprint density at radius 2 is 1.97 bits per heavy atom. The highest BCUT2D eigenvalue weighted by molar-refractivity contribution is 5.77. The lowest BCUT2D eigenvalue weighted by Gasteiger charge is -2.12. The summed E-state index contributed by atoms with van der Waals surface area (Å²) in [6.07, 6.45) is 3.66. The van der Waals surface area contributed by atoms with Crippen LogP contribution in [0.25, 0.3) is 16.7 Å². The van der Waals surface area contributed by atoms with Crippen LogP contribution in [-0.2, 0) is 17.9 Å². The van der Waals surface area contributed by atoms with Crippen LogP contribution in [0.1, 0.15) is 12.0 Å². The second kappa shape index (κ2) is 6.97. The SMILES string of the molecule is O=C(CCn1c(=O)c2cccn2c2cccnc21)NCc1ccc2c(c1)OCO2. The van der Waals surface area contributed by atoms with Gasteiger partial charge in [-0.2, -0.15) is 0 Å². The fraction of sp³-hybridized carbons (Fsp3) is 0.190. The molecule has 0 atom stereocenters. The number of aryl methyl sites for hydroxylation is 1. The summed E-state index contributed by atoms with van der Waals surface area (Å²) >= 11 is 0. The van der Waals surface area contributed by atoms with Crippen LogP contribution in [0.4, 0.5) is 0 Å². The zero-order valence-corrected chi connectivity index (χ0v) is 15.5. The van der Waals surface area contributed by atoms with Crippen molar-refractivity contribution in [3.05, 3.63) is 70.8 Å². The maximum absolute atomic E-state index is 12.8. The maximum atomic E-state index is 12.8. The molecule has 0 spiro atoms. The first-order chi connectivity index (χ1) is 14.2. The fourth-order valence-electron chi connectivity index (χ4n) is 3.54. The monoisotopic (exact) mass is 390 g/mol. The number of hydrogen-bond acceptors (Lipinski definition) is 5. The van der Waals surface area contributed by atoms with Crippen molar-refractivity contribution in [2.24, 2.45) is 0 Å². The molecular weight excluding hydrogens is 372 g/mol. The molecule has 1 N–H and O–H groups in total. The van der Waals surface area contributed by atoms with E-state index in [9.17, 15) is 9.59 Å². The topological polar surface area (TPSA) is 86.9 Å². The van der Waals surface area contributed by atoms with Crippen molar-refractivity contribution in [2.75, 3.05) is 6.79 Å². The van der Waals surface area contributed by atoms with Crippen molar-refractivity contribution in [3.8, 4) is 11.5 Å². The summed E-state index contributed by atoms with van der Waals surface area (Å²) in [6, 6.07) is 12.9. The normalized spacial score (nSPS) is 12.6. The molecule has 1 aliphatic rings. The highest BCUT2D eigenvalue weighted by Crippen LogP contribution is 2.32. The van der Waals surface area contributed by atoms with Gasteiger partial charge in [-0.15, -0.1) is 0 Å². The molecule has 4 aromatic rings. The lowest BCUT2D eigenvalue weighted by molar-refractivity contribution is -0.121. The Hall–Kier alpha value is -3.81. The van der Waals surface area contributed by atoms with E-state index in [0.29, 0.717) is 29.2 Å². The van der Waals surface area contributed by atoms with Gasteiger partial charge in [0.1, 0.15) is 5.52 Å². The van der Waals surface area contributed by atoms with Crippen molar-refractivity contribution in [3.63, 3.8) is 0 Å². The third kappa shape index (κ3) is 3.08. The van der Waals surface area contributed by atoms with Crippen LogP contribution < -0.4 is 20.3 Å². The predicted octanol–water partition coefficient (Wildman–Crippen LogP) is 2.08. The number of ether oxygens (including phenoxy) is 2. The Balaban J connectivity index is 1.32. The molecule has 1 amide bonds. The summed E-state index contributed by atoms with van der Waals surface area (Å²) in [5.74, 6) is 1.25. The van der Waals surface area contributed by atoms with Crippen LogP contribution in [0.15, 0.2) is 59.7 Å². The lowest BCUT2D eigenvalue weighted by Crippen LogP contribution is -2.28. The Labute approximate surface area is 165 Å². The molecule has 3 aromatic heterocycles. The van der Waals surface area contributed by atoms with Crippen LogP contribution in [0.2, 0.25) is 0 Å². The summed E-state index contributed by atoms with van der Waals surface area (Å²) in [4.78, 5) is 29.6. The first kappa shape index (κ1) is 17.3. The number of nitrogens with one attached hydrogen (secondary N) is 1. The smallest absolute Gasteiger partial charge is 0.276 e. The van der Waals surface area contributed by atoms with Gasteiger partial charge in [0, 0.05) is 31.9 Å². The average Bonchev–Trinajstić information content (AvgIpc) is 3.41. The molecule has 1 aliphatic heterocycles. The van der Waals surface area contributed by atoms with Crippen molar-refractivity contribution in [2.45, 2.75) is 19.5 Å². The molecule has 0 aliphatic carbocycles. The van der Waals surface area contributed by atoms with Gasteiger partial charge in [0.25, 0.3) is 5.56 Å². The number of carbonyl (C=O) groups excluding carboxylic acids is 1. The van der Waals surface area contributed by atoms with E-state index in [-0.39, 0.29) is 31.2 Å². The predicted molar refractivity (Wildman–Crippen MR) is 106 cm³/mol. The molecule has 0 radical (unpaired) electrons. The van der Waals surface area contributed by atoms with Crippen LogP contribution in [-0.4, -0.2) is 26.7 Å². The summed E-state index contributed by atoms with van der Waals surface area (Å²) in [6.45, 7) is 0.843. The molecule has 0 saturated carbocycles. The van der Waals surface area contributed by atoms with E-state index in [1.165, 1.54) is 0 Å². The number of carbonyl (C=O) groups is 1. The highest BCUT2D eigenvalue weighted by Gasteiger charge is 2.14. The lowest BCUT2D eigenvalue weighted by atomic mass is 10.2. The summed E-state index contributed by atoms with van der Waals surface area (Å²) in [5, 5.41) is 2.88. The van der Waals surface area contributed by atoms with Crippen LogP contribution in [0, 0.1) is 0 Å². The van der Waals surface area contributed by atoms with Gasteiger partial charge in [-0.05, 0) is 42.0 Å². The van der Waals surface area contributed by atoms with Crippen LogP contribution in [0.5, 0.6) is 11.5 Å². The number of aromatic nitrogens is 3. The second-order valence-corrected chi connectivity index (χ2v) is 6.78. The molecule has 0 fully saturated rings. The minimum atomic E-state index is -0.162. The summed E-state index contributed by atoms with van der Waals surface area (Å²) in [5.41, 5.74) is 2.70. The Bertz CT molecular complexity index is 1290. The van der Waals surface area contributed by atoms with Crippen LogP contribution >= 0.6 is 0 Å². The fourth-order valence-corrected chi connectivity index (χ4v) is 3.54. The number of hydrogen-bond donors (Lipinski definition) is 1. The number of pyridine rings is 1. The van der Waals surface area contributed by atoms with E-state index >= 15 is 0 Å². The van der Waals surface area contributed by atoms with E-state index < -0.39 is 0 Å². The molecule has 0 unspecified atom stereocenters. The minimum Gasteiger partial charge on any atom is -0.454 e. The Morgan fingerprint density at radius 1 is 1.10 bits per heavy atom. The van der Waals surface area contributed by atoms with Gasteiger partial charge in [-0.25, -0.2) is 4.98 Å². The van der Waals surface area contributed by atoms with Gasteiger partial charge in [0.15, 0.2) is 17.1 Å². The zero-order chi connectivity index (χ0) is 19.8. The number of rotatable bonds is 5. The van der Waals surface area contributed by atoms with Gasteiger partial charge in [0.2, 0.25) is 12.7 Å². The van der Waals surface area contributed by atoms with E-state index in [0.717, 1.165) is 11.1 Å². The molecule has 146 valence electrons. The first-order valence-electron chi connectivity index (χ1n) is 9.30. The zero-order valence-electron chi connectivity index (χ0n) is 15.5. The Kier molecular flexibility index (Phi) is 4.16. The summed E-state index contributed by atoms with van der Waals surface area (Å²) < 4.78 is 14.0. The maximum Gasteiger partial charge on any atom is 0.276 e. The highest BCUT2D eigenvalue weighted by atomic mass is 16.7. The van der Waals surface area contributed by atoms with Crippen LogP contribution in [0.3, 0.4) is 0 Å². The van der Waals surface area contributed by atoms with Crippen molar-refractivity contribution in [1.82, 2.24) is 19.3 Å². The van der Waals surface area contributed by atoms with E-state index in [1.807, 2.05) is 47.0 Å². The molecule has 5 rings (SSSR count). The van der Waals surface area contributed by atoms with Gasteiger partial charge >= 0.3 is 0 Å². The molecule has 4 heterocycles. The molecular formula is C21H18N4O4. The minimum absolute atomic E-state index is 0.145. The summed E-state index contributed by atoms with van der Waals surface area (Å²) in [7, 11) is 0. The molecule has 29 heavy (non-hydrogen) atoms. The van der Waals surface area contributed by atoms with E-state index in [2.05, 4.69) is 10.3 Å². The van der Waals surface area contributed by atoms with Crippen molar-refractivity contribution >= 4 is 22.6 Å². The first-order valence-corrected chi connectivity index (χ1v) is 9.30. The second-order valence-electron chi connectivity index (χ2n) is 6.78. The van der Waals surface area contributed by atoms with Crippen molar-refractivity contribution in [1.29, 1.82) is 0 Å². The Morgan fingerprint density at radius 3 is 2.90 bits per heavy atom. The molecule has 8 heteroatoms. The number of benzene rings is 1. The standard InChI is InChI=1S/C21H18N4O4/c26-19(23-12-14-5-6-17-18(11-14)29-13-28-17)7-10-25-20-15(3-1-8-22-20)24-9-2-4-16(24)21(25)27/h1-6,8-9,11H,7,10,12-13H2,(H,23,26). The molecule has 1 aromatic carbocycles. The molecule has 0 bridgehead atoms. The average molecular weight is 390 g/mol. The van der Waals surface area contributed by atoms with E-state index in [4.69, 9.17) is 9.47 Å². The quantitative estimate of drug-likeness (QED) is 0.564.